The molecule has 7 nitrogen and oxygen atoms in total. The van der Waals surface area contributed by atoms with Crippen molar-refractivity contribution >= 4 is 41.3 Å². The molecule has 26 heavy (non-hydrogen) atoms. The maximum absolute atomic E-state index is 12.1. The highest BCUT2D eigenvalue weighted by Gasteiger charge is 2.12. The molecule has 1 aromatic heterocycles. The summed E-state index contributed by atoms with van der Waals surface area (Å²) >= 11 is 7.26. The lowest BCUT2D eigenvalue weighted by Gasteiger charge is -2.03. The molecule has 0 saturated carbocycles. The molecular weight excluding hydrogens is 372 g/mol. The van der Waals surface area contributed by atoms with Gasteiger partial charge in [-0.3, -0.25) is 4.79 Å². The van der Waals surface area contributed by atoms with Crippen LogP contribution in [0.25, 0.3) is 0 Å². The molecule has 1 heterocycles. The first-order chi connectivity index (χ1) is 12.6. The predicted molar refractivity (Wildman–Crippen MR) is 104 cm³/mol. The highest BCUT2D eigenvalue weighted by atomic mass is 35.5. The number of nitrogens with one attached hydrogen (secondary N) is 1. The minimum atomic E-state index is -0.00940. The maximum atomic E-state index is 12.1. The lowest BCUT2D eigenvalue weighted by atomic mass is 10.2. The van der Waals surface area contributed by atoms with Gasteiger partial charge in [-0.05, 0) is 6.07 Å². The average molecular weight is 387 g/mol. The van der Waals surface area contributed by atoms with Gasteiger partial charge in [-0.2, -0.15) is 5.10 Å². The fourth-order valence-electron chi connectivity index (χ4n) is 2.03. The number of carbonyl (C=O) groups is 1. The number of hydrogen-bond acceptors (Lipinski definition) is 7. The van der Waals surface area contributed by atoms with E-state index in [1.807, 2.05) is 36.4 Å². The number of aromatic nitrogens is 3. The minimum Gasteiger partial charge on any atom is -0.334 e. The van der Waals surface area contributed by atoms with E-state index < -0.39 is 0 Å². The molecular formula is C17H15ClN6OS. The Morgan fingerprint density at radius 2 is 1.92 bits per heavy atom. The van der Waals surface area contributed by atoms with Crippen molar-refractivity contribution < 1.29 is 4.79 Å². The number of nitrogens with zero attached hydrogens (tertiary/aromatic N) is 4. The number of nitrogen functional groups attached to an aromatic ring is 1. The van der Waals surface area contributed by atoms with Crippen LogP contribution in [0.1, 0.15) is 15.9 Å². The van der Waals surface area contributed by atoms with Gasteiger partial charge in [0, 0.05) is 16.1 Å². The highest BCUT2D eigenvalue weighted by molar-refractivity contribution is 7.99. The summed E-state index contributed by atoms with van der Waals surface area (Å²) in [6.07, 6.45) is 1.56. The summed E-state index contributed by atoms with van der Waals surface area (Å²) in [5.74, 6) is 6.39. The van der Waals surface area contributed by atoms with Crippen LogP contribution in [0.4, 0.5) is 5.95 Å². The van der Waals surface area contributed by atoms with Gasteiger partial charge in [0.2, 0.25) is 5.16 Å². The zero-order valence-corrected chi connectivity index (χ0v) is 15.1. The van der Waals surface area contributed by atoms with E-state index in [4.69, 9.17) is 17.4 Å². The molecule has 0 spiro atoms. The van der Waals surface area contributed by atoms with Crippen LogP contribution in [-0.4, -0.2) is 32.6 Å². The van der Waals surface area contributed by atoms with E-state index in [0.29, 0.717) is 15.7 Å². The summed E-state index contributed by atoms with van der Waals surface area (Å²) in [5, 5.41) is 12.9. The number of nitrogens with two attached hydrogens (primary N) is 1. The van der Waals surface area contributed by atoms with Crippen LogP contribution in [-0.2, 0) is 0 Å². The number of thioether (sulfide) groups is 1. The molecule has 0 radical (unpaired) electrons. The second-order valence-corrected chi connectivity index (χ2v) is 6.50. The summed E-state index contributed by atoms with van der Waals surface area (Å²) in [4.78, 5) is 12.1. The molecule has 0 bridgehead atoms. The number of benzene rings is 2. The number of hydrogen-bond donors (Lipinski definition) is 2. The predicted octanol–water partition coefficient (Wildman–Crippen LogP) is 3.07. The second kappa shape index (κ2) is 8.50. The number of halogens is 1. The van der Waals surface area contributed by atoms with Gasteiger partial charge in [0.15, 0.2) is 5.78 Å². The van der Waals surface area contributed by atoms with E-state index in [0.717, 1.165) is 5.56 Å². The molecule has 3 rings (SSSR count). The molecule has 3 N–H and O–H groups in total. The minimum absolute atomic E-state index is 0.00940. The summed E-state index contributed by atoms with van der Waals surface area (Å²) in [6.45, 7) is 0. The van der Waals surface area contributed by atoms with Gasteiger partial charge in [0.1, 0.15) is 0 Å². The lowest BCUT2D eigenvalue weighted by Crippen LogP contribution is -2.14. The van der Waals surface area contributed by atoms with E-state index in [9.17, 15) is 4.79 Å². The monoisotopic (exact) mass is 386 g/mol. The van der Waals surface area contributed by atoms with E-state index in [2.05, 4.69) is 20.7 Å². The average Bonchev–Trinajstić information content (AvgIpc) is 3.02. The van der Waals surface area contributed by atoms with Crippen molar-refractivity contribution in [2.45, 2.75) is 5.16 Å². The molecule has 0 aliphatic carbocycles. The fourth-order valence-corrected chi connectivity index (χ4v) is 2.96. The maximum Gasteiger partial charge on any atom is 0.264 e. The topological polar surface area (TPSA) is 98.2 Å². The van der Waals surface area contributed by atoms with Gasteiger partial charge in [0.05, 0.1) is 12.0 Å². The number of carbonyl (C=O) groups excluding carboxylic acids is 1. The Kier molecular flexibility index (Phi) is 5.88. The van der Waals surface area contributed by atoms with Crippen molar-refractivity contribution in [3.63, 3.8) is 0 Å². The summed E-state index contributed by atoms with van der Waals surface area (Å²) in [6, 6.07) is 16.3. The summed E-state index contributed by atoms with van der Waals surface area (Å²) < 4.78 is 1.24. The summed E-state index contributed by atoms with van der Waals surface area (Å²) in [5.41, 5.74) is 4.11. The Morgan fingerprint density at radius 3 is 2.69 bits per heavy atom. The zero-order valence-electron chi connectivity index (χ0n) is 13.5. The third-order valence-corrected chi connectivity index (χ3v) is 4.65. The number of anilines is 1. The quantitative estimate of drug-likeness (QED) is 0.213. The van der Waals surface area contributed by atoms with Crippen molar-refractivity contribution in [1.29, 1.82) is 0 Å². The number of rotatable bonds is 7. The first kappa shape index (κ1) is 18.0. The molecule has 0 aliphatic rings. The van der Waals surface area contributed by atoms with Gasteiger partial charge in [-0.25, -0.2) is 10.1 Å². The Hall–Kier alpha value is -2.84. The molecule has 0 amide bonds. The molecule has 132 valence electrons. The second-order valence-electron chi connectivity index (χ2n) is 5.15. The van der Waals surface area contributed by atoms with Crippen LogP contribution >= 0.6 is 23.4 Å². The first-order valence-corrected chi connectivity index (χ1v) is 8.96. The molecule has 3 aromatic rings. The van der Waals surface area contributed by atoms with Gasteiger partial charge in [-0.1, -0.05) is 71.9 Å². The number of hydrazone groups is 1. The normalized spacial score (nSPS) is 11.0. The van der Waals surface area contributed by atoms with Crippen LogP contribution in [0.15, 0.2) is 64.9 Å². The molecule has 0 atom stereocenters. The Balaban J connectivity index is 1.59. The van der Waals surface area contributed by atoms with Crippen molar-refractivity contribution in [2.24, 2.45) is 5.10 Å². The lowest BCUT2D eigenvalue weighted by molar-refractivity contribution is 0.102. The van der Waals surface area contributed by atoms with E-state index in [1.165, 1.54) is 16.4 Å². The number of ketones is 1. The van der Waals surface area contributed by atoms with Crippen molar-refractivity contribution in [2.75, 3.05) is 17.0 Å². The van der Waals surface area contributed by atoms with Crippen LogP contribution in [0.2, 0.25) is 5.02 Å². The standard InChI is InChI=1S/C17H15ClN6OS/c18-14-9-5-4-8-13(14)10-20-21-16-22-23-17(24(16)19)26-11-15(25)12-6-2-1-3-7-12/h1-10H,11,19H2,(H,21,22)/b20-10+. The third kappa shape index (κ3) is 4.41. The largest absolute Gasteiger partial charge is 0.334 e. The third-order valence-electron chi connectivity index (χ3n) is 3.37. The fraction of sp³-hybridized carbons (Fsp3) is 0.0588. The molecule has 0 unspecified atom stereocenters. The van der Waals surface area contributed by atoms with Crippen LogP contribution < -0.4 is 11.3 Å². The Bertz CT molecular complexity index is 928. The van der Waals surface area contributed by atoms with E-state index in [-0.39, 0.29) is 17.5 Å². The SMILES string of the molecule is Nn1c(N/N=C/c2ccccc2Cl)nnc1SCC(=O)c1ccccc1. The van der Waals surface area contributed by atoms with Crippen molar-refractivity contribution in [3.05, 3.63) is 70.7 Å². The van der Waals surface area contributed by atoms with Crippen molar-refractivity contribution in [3.8, 4) is 0 Å². The van der Waals surface area contributed by atoms with E-state index >= 15 is 0 Å². The van der Waals surface area contributed by atoms with Crippen LogP contribution in [0.3, 0.4) is 0 Å². The zero-order chi connectivity index (χ0) is 18.4. The van der Waals surface area contributed by atoms with Crippen LogP contribution in [0.5, 0.6) is 0 Å². The summed E-state index contributed by atoms with van der Waals surface area (Å²) in [7, 11) is 0. The van der Waals surface area contributed by atoms with Gasteiger partial charge < -0.3 is 5.84 Å². The van der Waals surface area contributed by atoms with Gasteiger partial charge >= 0.3 is 0 Å². The molecule has 0 aliphatic heterocycles. The van der Waals surface area contributed by atoms with Crippen LogP contribution in [0, 0.1) is 0 Å². The molecule has 9 heteroatoms. The molecule has 0 saturated heterocycles. The van der Waals surface area contributed by atoms with Gasteiger partial charge in [-0.15, -0.1) is 10.2 Å². The number of Topliss-reactive ketones (excluding diaryl/α,β-unsaturated/α-hetero) is 1. The van der Waals surface area contributed by atoms with Gasteiger partial charge in [0.25, 0.3) is 5.95 Å². The van der Waals surface area contributed by atoms with E-state index in [1.54, 1.807) is 24.4 Å². The highest BCUT2D eigenvalue weighted by Crippen LogP contribution is 2.18. The van der Waals surface area contributed by atoms with Crippen molar-refractivity contribution in [1.82, 2.24) is 14.9 Å². The smallest absolute Gasteiger partial charge is 0.264 e. The Morgan fingerprint density at radius 1 is 1.19 bits per heavy atom. The first-order valence-electron chi connectivity index (χ1n) is 7.60. The Labute approximate surface area is 159 Å². The molecule has 2 aromatic carbocycles. The molecule has 0 fully saturated rings.